The number of hydrogen-bond donors (Lipinski definition) is 0. The molecule has 1 aromatic heterocycles. The Hall–Kier alpha value is -1.82. The zero-order valence-electron chi connectivity index (χ0n) is 14.0. The molecule has 0 amide bonds. The molecule has 1 aliphatic rings. The fourth-order valence-corrected chi connectivity index (χ4v) is 2.94. The van der Waals surface area contributed by atoms with E-state index in [-0.39, 0.29) is 11.4 Å². The first-order chi connectivity index (χ1) is 10.9. The lowest BCUT2D eigenvalue weighted by molar-refractivity contribution is 0.104. The van der Waals surface area contributed by atoms with Crippen LogP contribution in [0.1, 0.15) is 51.4 Å². The fraction of sp³-hybridized carbons (Fsp3) is 0.588. The quantitative estimate of drug-likeness (QED) is 0.850. The van der Waals surface area contributed by atoms with E-state index in [2.05, 4.69) is 41.2 Å². The Labute approximate surface area is 136 Å². The number of rotatable bonds is 5. The van der Waals surface area contributed by atoms with Crippen molar-refractivity contribution in [2.24, 2.45) is 0 Å². The molecular formula is C17H24FN5. The third-order valence-electron chi connectivity index (χ3n) is 4.38. The maximum absolute atomic E-state index is 13.5. The van der Waals surface area contributed by atoms with Crippen molar-refractivity contribution >= 4 is 0 Å². The molecule has 0 atom stereocenters. The van der Waals surface area contributed by atoms with Gasteiger partial charge in [-0.2, -0.15) is 0 Å². The molecule has 0 bridgehead atoms. The predicted octanol–water partition coefficient (Wildman–Crippen LogP) is 3.12. The Morgan fingerprint density at radius 1 is 1.26 bits per heavy atom. The highest BCUT2D eigenvalue weighted by Gasteiger charge is 2.28. The van der Waals surface area contributed by atoms with Crippen molar-refractivity contribution in [3.05, 3.63) is 41.5 Å². The molecule has 0 unspecified atom stereocenters. The molecule has 124 valence electrons. The third-order valence-corrected chi connectivity index (χ3v) is 4.38. The zero-order valence-corrected chi connectivity index (χ0v) is 14.0. The molecule has 0 spiro atoms. The van der Waals surface area contributed by atoms with E-state index in [0.717, 1.165) is 17.9 Å². The molecule has 1 heterocycles. The fourth-order valence-electron chi connectivity index (χ4n) is 2.94. The smallest absolute Gasteiger partial charge is 0.165 e. The van der Waals surface area contributed by atoms with Crippen LogP contribution in [-0.4, -0.2) is 31.1 Å². The van der Waals surface area contributed by atoms with Crippen LogP contribution < -0.4 is 0 Å². The van der Waals surface area contributed by atoms with Crippen molar-refractivity contribution < 1.29 is 4.39 Å². The monoisotopic (exact) mass is 317 g/mol. The van der Waals surface area contributed by atoms with E-state index < -0.39 is 0 Å². The van der Waals surface area contributed by atoms with Crippen molar-refractivity contribution in [3.63, 3.8) is 0 Å². The second-order valence-corrected chi connectivity index (χ2v) is 7.30. The molecule has 5 nitrogen and oxygen atoms in total. The Balaban J connectivity index is 1.79. The highest BCUT2D eigenvalue weighted by Crippen LogP contribution is 2.28. The molecule has 6 heteroatoms. The second kappa shape index (κ2) is 6.35. The maximum Gasteiger partial charge on any atom is 0.165 e. The van der Waals surface area contributed by atoms with E-state index in [4.69, 9.17) is 0 Å². The summed E-state index contributed by atoms with van der Waals surface area (Å²) < 4.78 is 15.3. The van der Waals surface area contributed by atoms with Crippen LogP contribution in [0, 0.1) is 5.82 Å². The van der Waals surface area contributed by atoms with Crippen LogP contribution in [0.15, 0.2) is 24.3 Å². The minimum Gasteiger partial charge on any atom is -0.289 e. The molecule has 1 fully saturated rings. The predicted molar refractivity (Wildman–Crippen MR) is 86.1 cm³/mol. The van der Waals surface area contributed by atoms with Crippen molar-refractivity contribution in [1.82, 2.24) is 25.1 Å². The molecule has 1 aliphatic carbocycles. The van der Waals surface area contributed by atoms with Gasteiger partial charge in [0, 0.05) is 12.6 Å². The summed E-state index contributed by atoms with van der Waals surface area (Å²) in [5.41, 5.74) is 0.842. The lowest BCUT2D eigenvalue weighted by Crippen LogP contribution is -2.40. The minimum atomic E-state index is -0.185. The van der Waals surface area contributed by atoms with Gasteiger partial charge < -0.3 is 0 Å². The highest BCUT2D eigenvalue weighted by atomic mass is 19.1. The van der Waals surface area contributed by atoms with E-state index in [1.54, 1.807) is 12.1 Å². The van der Waals surface area contributed by atoms with Crippen molar-refractivity contribution in [2.75, 3.05) is 0 Å². The van der Waals surface area contributed by atoms with E-state index in [9.17, 15) is 4.39 Å². The normalized spacial score (nSPS) is 15.9. The number of hydrogen-bond acceptors (Lipinski definition) is 4. The second-order valence-electron chi connectivity index (χ2n) is 7.30. The van der Waals surface area contributed by atoms with Crippen LogP contribution in [0.3, 0.4) is 0 Å². The molecule has 1 aromatic carbocycles. The average molecular weight is 317 g/mol. The van der Waals surface area contributed by atoms with Gasteiger partial charge in [0.25, 0.3) is 0 Å². The summed E-state index contributed by atoms with van der Waals surface area (Å²) in [5.74, 6) is 0.677. The molecule has 0 N–H and O–H groups in total. The first kappa shape index (κ1) is 16.1. The molecular weight excluding hydrogens is 293 g/mol. The van der Waals surface area contributed by atoms with Gasteiger partial charge in [0.15, 0.2) is 5.82 Å². The van der Waals surface area contributed by atoms with Crippen molar-refractivity contribution in [2.45, 2.75) is 64.7 Å². The van der Waals surface area contributed by atoms with Crippen molar-refractivity contribution in [1.29, 1.82) is 0 Å². The molecule has 1 saturated carbocycles. The minimum absolute atomic E-state index is 0.150. The van der Waals surface area contributed by atoms with Gasteiger partial charge in [0.1, 0.15) is 5.82 Å². The summed E-state index contributed by atoms with van der Waals surface area (Å²) in [6.45, 7) is 7.68. The van der Waals surface area contributed by atoms with Gasteiger partial charge >= 0.3 is 0 Å². The summed E-state index contributed by atoms with van der Waals surface area (Å²) in [4.78, 5) is 2.37. The number of aromatic nitrogens is 4. The maximum atomic E-state index is 13.5. The van der Waals surface area contributed by atoms with E-state index in [1.807, 2.05) is 10.7 Å². The van der Waals surface area contributed by atoms with Gasteiger partial charge in [0.05, 0.1) is 12.1 Å². The Bertz CT molecular complexity index is 657. The van der Waals surface area contributed by atoms with Crippen LogP contribution in [0.2, 0.25) is 0 Å². The molecule has 0 radical (unpaired) electrons. The van der Waals surface area contributed by atoms with Gasteiger partial charge in [-0.15, -0.1) is 5.10 Å². The Morgan fingerprint density at radius 2 is 2.04 bits per heavy atom. The highest BCUT2D eigenvalue weighted by molar-refractivity contribution is 5.16. The number of nitrogens with zero attached hydrogens (tertiary/aromatic N) is 5. The van der Waals surface area contributed by atoms with Gasteiger partial charge in [-0.05, 0) is 61.7 Å². The lowest BCUT2D eigenvalue weighted by atomic mass is 9.91. The average Bonchev–Trinajstić information content (AvgIpc) is 2.84. The SMILES string of the molecule is CC(C)(C)n1nnnc1CN(Cc1cccc(F)c1)C1CCC1. The van der Waals surface area contributed by atoms with E-state index in [0.29, 0.717) is 12.6 Å². The summed E-state index contributed by atoms with van der Waals surface area (Å²) in [6, 6.07) is 7.36. The van der Waals surface area contributed by atoms with Crippen LogP contribution >= 0.6 is 0 Å². The number of halogens is 1. The first-order valence-corrected chi connectivity index (χ1v) is 8.20. The van der Waals surface area contributed by atoms with Gasteiger partial charge in [-0.1, -0.05) is 18.6 Å². The molecule has 0 aliphatic heterocycles. The summed E-state index contributed by atoms with van der Waals surface area (Å²) in [5, 5.41) is 12.2. The molecule has 23 heavy (non-hydrogen) atoms. The van der Waals surface area contributed by atoms with Crippen LogP contribution in [0.4, 0.5) is 4.39 Å². The zero-order chi connectivity index (χ0) is 16.4. The Morgan fingerprint density at radius 3 is 2.65 bits per heavy atom. The topological polar surface area (TPSA) is 46.8 Å². The third kappa shape index (κ3) is 3.75. The number of tetrazole rings is 1. The van der Waals surface area contributed by atoms with Crippen molar-refractivity contribution in [3.8, 4) is 0 Å². The van der Waals surface area contributed by atoms with E-state index in [1.165, 1.54) is 25.3 Å². The number of benzene rings is 1. The van der Waals surface area contributed by atoms with Gasteiger partial charge in [-0.25, -0.2) is 9.07 Å². The summed E-state index contributed by atoms with van der Waals surface area (Å²) in [7, 11) is 0. The van der Waals surface area contributed by atoms with E-state index >= 15 is 0 Å². The van der Waals surface area contributed by atoms with Crippen LogP contribution in [0.5, 0.6) is 0 Å². The molecule has 3 rings (SSSR count). The summed E-state index contributed by atoms with van der Waals surface area (Å²) in [6.07, 6.45) is 3.63. The Kier molecular flexibility index (Phi) is 4.43. The standard InChI is InChI=1S/C17H24FN5/c1-17(2,3)23-16(19-20-21-23)12-22(15-8-5-9-15)11-13-6-4-7-14(18)10-13/h4,6-7,10,15H,5,8-9,11-12H2,1-3H3. The largest absolute Gasteiger partial charge is 0.289 e. The van der Waals surface area contributed by atoms with Crippen LogP contribution in [-0.2, 0) is 18.6 Å². The first-order valence-electron chi connectivity index (χ1n) is 8.20. The van der Waals surface area contributed by atoms with Crippen LogP contribution in [0.25, 0.3) is 0 Å². The lowest BCUT2D eigenvalue weighted by Gasteiger charge is -2.37. The van der Waals surface area contributed by atoms with Gasteiger partial charge in [0.2, 0.25) is 0 Å². The molecule has 2 aromatic rings. The molecule has 0 saturated heterocycles. The van der Waals surface area contributed by atoms with Gasteiger partial charge in [-0.3, -0.25) is 4.90 Å². The summed E-state index contributed by atoms with van der Waals surface area (Å²) >= 11 is 0.